The van der Waals surface area contributed by atoms with Crippen LogP contribution in [0.1, 0.15) is 34.1 Å². The van der Waals surface area contributed by atoms with Gasteiger partial charge in [0.2, 0.25) is 0 Å². The van der Waals surface area contributed by atoms with Crippen molar-refractivity contribution in [3.05, 3.63) is 0 Å². The lowest BCUT2D eigenvalue weighted by atomic mass is 10.3. The first-order chi connectivity index (χ1) is 5.66. The molecule has 74 valence electrons. The van der Waals surface area contributed by atoms with Gasteiger partial charge in [0.05, 0.1) is 0 Å². The van der Waals surface area contributed by atoms with E-state index in [4.69, 9.17) is 0 Å². The monoisotopic (exact) mass is 189 g/mol. The molecule has 1 N–H and O–H groups in total. The van der Waals surface area contributed by atoms with Crippen LogP contribution in [0, 0.1) is 5.92 Å². The van der Waals surface area contributed by atoms with E-state index in [1.165, 1.54) is 17.9 Å². The zero-order valence-corrected chi connectivity index (χ0v) is 9.71. The van der Waals surface area contributed by atoms with Gasteiger partial charge >= 0.3 is 0 Å². The number of rotatable bonds is 7. The highest BCUT2D eigenvalue weighted by Gasteiger charge is 1.97. The summed E-state index contributed by atoms with van der Waals surface area (Å²) in [5.41, 5.74) is 0. The van der Waals surface area contributed by atoms with Crippen molar-refractivity contribution in [2.75, 3.05) is 18.1 Å². The third-order valence-corrected chi connectivity index (χ3v) is 3.20. The van der Waals surface area contributed by atoms with Crippen molar-refractivity contribution in [1.82, 2.24) is 5.32 Å². The van der Waals surface area contributed by atoms with Crippen molar-refractivity contribution in [3.63, 3.8) is 0 Å². The van der Waals surface area contributed by atoms with Crippen LogP contribution < -0.4 is 5.32 Å². The number of nitrogens with one attached hydrogen (secondary N) is 1. The molecule has 0 bridgehead atoms. The van der Waals surface area contributed by atoms with Gasteiger partial charge in [-0.05, 0) is 25.0 Å². The van der Waals surface area contributed by atoms with Gasteiger partial charge in [-0.25, -0.2) is 0 Å². The summed E-state index contributed by atoms with van der Waals surface area (Å²) in [6.45, 7) is 10.2. The summed E-state index contributed by atoms with van der Waals surface area (Å²) < 4.78 is 0. The summed E-state index contributed by atoms with van der Waals surface area (Å²) in [5, 5.41) is 3.49. The van der Waals surface area contributed by atoms with Gasteiger partial charge in [0.1, 0.15) is 0 Å². The molecule has 0 spiro atoms. The summed E-state index contributed by atoms with van der Waals surface area (Å²) in [6.07, 6.45) is 1.23. The Kier molecular flexibility index (Phi) is 8.14. The molecule has 1 nitrogen and oxygen atoms in total. The van der Waals surface area contributed by atoms with Gasteiger partial charge < -0.3 is 5.32 Å². The predicted octanol–water partition coefficient (Wildman–Crippen LogP) is 2.76. The van der Waals surface area contributed by atoms with Crippen LogP contribution in [0.5, 0.6) is 0 Å². The Bertz CT molecular complexity index is 93.8. The number of thioether (sulfide) groups is 1. The maximum Gasteiger partial charge on any atom is 0.00582 e. The van der Waals surface area contributed by atoms with Crippen molar-refractivity contribution in [2.45, 2.75) is 40.2 Å². The Labute approximate surface area is 81.7 Å². The highest BCUT2D eigenvalue weighted by molar-refractivity contribution is 7.99. The predicted molar refractivity (Wildman–Crippen MR) is 59.9 cm³/mol. The fourth-order valence-corrected chi connectivity index (χ4v) is 1.74. The Morgan fingerprint density at radius 1 is 1.25 bits per heavy atom. The molecule has 0 aliphatic heterocycles. The van der Waals surface area contributed by atoms with E-state index in [2.05, 4.69) is 44.8 Å². The van der Waals surface area contributed by atoms with Crippen LogP contribution in [0.4, 0.5) is 0 Å². The second-order valence-electron chi connectivity index (χ2n) is 3.73. The largest absolute Gasteiger partial charge is 0.313 e. The van der Waals surface area contributed by atoms with E-state index in [1.54, 1.807) is 0 Å². The summed E-state index contributed by atoms with van der Waals surface area (Å²) >= 11 is 2.05. The topological polar surface area (TPSA) is 12.0 Å². The quantitative estimate of drug-likeness (QED) is 0.618. The Morgan fingerprint density at radius 2 is 1.92 bits per heavy atom. The van der Waals surface area contributed by atoms with Crippen LogP contribution in [0.15, 0.2) is 0 Å². The molecule has 0 aliphatic carbocycles. The van der Waals surface area contributed by atoms with Gasteiger partial charge in [-0.2, -0.15) is 11.8 Å². The Balaban J connectivity index is 3.00. The van der Waals surface area contributed by atoms with Crippen LogP contribution in [0.25, 0.3) is 0 Å². The van der Waals surface area contributed by atoms with E-state index in [-0.39, 0.29) is 0 Å². The van der Waals surface area contributed by atoms with Gasteiger partial charge in [0.15, 0.2) is 0 Å². The first-order valence-electron chi connectivity index (χ1n) is 4.98. The number of hydrogen-bond donors (Lipinski definition) is 1. The van der Waals surface area contributed by atoms with Gasteiger partial charge in [0.25, 0.3) is 0 Å². The molecule has 0 aromatic heterocycles. The third-order valence-electron chi connectivity index (χ3n) is 1.80. The average Bonchev–Trinajstić information content (AvgIpc) is 2.03. The van der Waals surface area contributed by atoms with E-state index in [0.717, 1.165) is 12.5 Å². The van der Waals surface area contributed by atoms with Crippen LogP contribution >= 0.6 is 11.8 Å². The maximum atomic E-state index is 3.49. The summed E-state index contributed by atoms with van der Waals surface area (Å²) in [5.74, 6) is 3.38. The minimum atomic E-state index is 0.685. The van der Waals surface area contributed by atoms with E-state index in [9.17, 15) is 0 Å². The van der Waals surface area contributed by atoms with Gasteiger partial charge in [-0.3, -0.25) is 0 Å². The molecule has 0 aliphatic rings. The molecule has 1 unspecified atom stereocenters. The molecular formula is C10H23NS. The van der Waals surface area contributed by atoms with Gasteiger partial charge in [-0.15, -0.1) is 0 Å². The molecule has 0 amide bonds. The van der Waals surface area contributed by atoms with Crippen LogP contribution in [-0.2, 0) is 0 Å². The molecule has 0 rings (SSSR count). The van der Waals surface area contributed by atoms with Crippen LogP contribution in [0.2, 0.25) is 0 Å². The lowest BCUT2D eigenvalue weighted by molar-refractivity contribution is 0.555. The lowest BCUT2D eigenvalue weighted by Crippen LogP contribution is -2.27. The first kappa shape index (κ1) is 12.3. The average molecular weight is 189 g/mol. The van der Waals surface area contributed by atoms with E-state index >= 15 is 0 Å². The fourth-order valence-electron chi connectivity index (χ4n) is 0.841. The van der Waals surface area contributed by atoms with Crippen molar-refractivity contribution in [2.24, 2.45) is 5.92 Å². The summed E-state index contributed by atoms with van der Waals surface area (Å²) in [4.78, 5) is 0. The SMILES string of the molecule is CCC(C)NCCSCC(C)C. The standard InChI is InChI=1S/C10H23NS/c1-5-10(4)11-6-7-12-8-9(2)3/h9-11H,5-8H2,1-4H3. The Morgan fingerprint density at radius 3 is 2.42 bits per heavy atom. The minimum Gasteiger partial charge on any atom is -0.313 e. The Hall–Kier alpha value is 0.310. The van der Waals surface area contributed by atoms with Crippen molar-refractivity contribution < 1.29 is 0 Å². The molecule has 12 heavy (non-hydrogen) atoms. The molecule has 0 aromatic rings. The molecule has 0 fully saturated rings. The second kappa shape index (κ2) is 7.93. The molecule has 0 saturated heterocycles. The van der Waals surface area contributed by atoms with Crippen LogP contribution in [0.3, 0.4) is 0 Å². The number of hydrogen-bond acceptors (Lipinski definition) is 2. The lowest BCUT2D eigenvalue weighted by Gasteiger charge is -2.11. The highest BCUT2D eigenvalue weighted by Crippen LogP contribution is 2.05. The van der Waals surface area contributed by atoms with E-state index < -0.39 is 0 Å². The minimum absolute atomic E-state index is 0.685. The molecular weight excluding hydrogens is 166 g/mol. The third kappa shape index (κ3) is 8.41. The van der Waals surface area contributed by atoms with Gasteiger partial charge in [0, 0.05) is 18.3 Å². The zero-order chi connectivity index (χ0) is 9.40. The zero-order valence-electron chi connectivity index (χ0n) is 8.89. The first-order valence-corrected chi connectivity index (χ1v) is 6.13. The van der Waals surface area contributed by atoms with E-state index in [0.29, 0.717) is 6.04 Å². The molecule has 0 radical (unpaired) electrons. The fraction of sp³-hybridized carbons (Fsp3) is 1.00. The van der Waals surface area contributed by atoms with Crippen molar-refractivity contribution in [3.8, 4) is 0 Å². The van der Waals surface area contributed by atoms with Crippen molar-refractivity contribution in [1.29, 1.82) is 0 Å². The maximum absolute atomic E-state index is 3.49. The van der Waals surface area contributed by atoms with Gasteiger partial charge in [-0.1, -0.05) is 20.8 Å². The molecule has 0 saturated carbocycles. The van der Waals surface area contributed by atoms with E-state index in [1.807, 2.05) is 0 Å². The molecule has 0 heterocycles. The van der Waals surface area contributed by atoms with Crippen LogP contribution in [-0.4, -0.2) is 24.1 Å². The van der Waals surface area contributed by atoms with Crippen molar-refractivity contribution >= 4 is 11.8 Å². The second-order valence-corrected chi connectivity index (χ2v) is 4.88. The smallest absolute Gasteiger partial charge is 0.00582 e. The molecule has 1 atom stereocenters. The summed E-state index contributed by atoms with van der Waals surface area (Å²) in [6, 6.07) is 0.685. The molecule has 0 aromatic carbocycles. The highest BCUT2D eigenvalue weighted by atomic mass is 32.2. The summed E-state index contributed by atoms with van der Waals surface area (Å²) in [7, 11) is 0. The normalized spacial score (nSPS) is 13.8. The molecule has 2 heteroatoms.